The molecule has 0 spiro atoms. The van der Waals surface area contributed by atoms with Crippen molar-refractivity contribution in [1.82, 2.24) is 14.9 Å². The second kappa shape index (κ2) is 7.10. The van der Waals surface area contributed by atoms with Gasteiger partial charge in [0.1, 0.15) is 0 Å². The van der Waals surface area contributed by atoms with Crippen molar-refractivity contribution in [2.24, 2.45) is 0 Å². The molecule has 0 saturated carbocycles. The number of nitrogens with zero attached hydrogens (tertiary/aromatic N) is 1. The second-order valence-corrected chi connectivity index (χ2v) is 3.81. The molecule has 0 aromatic carbocycles. The highest BCUT2D eigenvalue weighted by molar-refractivity contribution is 6.12. The summed E-state index contributed by atoms with van der Waals surface area (Å²) in [6.07, 6.45) is 5.81. The molecule has 7 heteroatoms. The molecule has 0 radical (unpaired) electrons. The molecule has 2 rings (SSSR count). The fourth-order valence-electron chi connectivity index (χ4n) is 1.35. The maximum atomic E-state index is 10.9. The van der Waals surface area contributed by atoms with E-state index in [4.69, 9.17) is 0 Å². The SMILES string of the molecule is CCCCN1C(=O)C=CC1=O.O=c1cc[nH]c(=O)[nH]1. The van der Waals surface area contributed by atoms with E-state index in [0.717, 1.165) is 12.8 Å². The van der Waals surface area contributed by atoms with Crippen LogP contribution in [0.4, 0.5) is 0 Å². The molecule has 1 aromatic heterocycles. The molecule has 1 aromatic rings. The van der Waals surface area contributed by atoms with Gasteiger partial charge in [0, 0.05) is 31.0 Å². The first-order chi connectivity index (χ1) is 9.04. The third-order valence-corrected chi connectivity index (χ3v) is 2.32. The maximum absolute atomic E-state index is 10.9. The van der Waals surface area contributed by atoms with Gasteiger partial charge in [0.2, 0.25) is 0 Å². The lowest BCUT2D eigenvalue weighted by Gasteiger charge is -2.11. The number of nitrogens with one attached hydrogen (secondary N) is 2. The monoisotopic (exact) mass is 265 g/mol. The first-order valence-corrected chi connectivity index (χ1v) is 5.86. The first-order valence-electron chi connectivity index (χ1n) is 5.86. The molecule has 0 aliphatic carbocycles. The summed E-state index contributed by atoms with van der Waals surface area (Å²) < 4.78 is 0. The van der Waals surface area contributed by atoms with Gasteiger partial charge < -0.3 is 4.98 Å². The van der Waals surface area contributed by atoms with Crippen LogP contribution in [0.15, 0.2) is 34.0 Å². The number of hydrogen-bond donors (Lipinski definition) is 2. The number of imide groups is 1. The van der Waals surface area contributed by atoms with Gasteiger partial charge in [-0.3, -0.25) is 24.3 Å². The molecule has 2 N–H and O–H groups in total. The van der Waals surface area contributed by atoms with Gasteiger partial charge in [0.05, 0.1) is 0 Å². The quantitative estimate of drug-likeness (QED) is 0.737. The van der Waals surface area contributed by atoms with Gasteiger partial charge in [-0.1, -0.05) is 13.3 Å². The summed E-state index contributed by atoms with van der Waals surface area (Å²) in [5, 5.41) is 0. The molecule has 7 nitrogen and oxygen atoms in total. The summed E-state index contributed by atoms with van der Waals surface area (Å²) in [5.41, 5.74) is -0.855. The molecule has 1 aliphatic rings. The predicted octanol–water partition coefficient (Wildman–Crippen LogP) is -0.225. The minimum absolute atomic E-state index is 0.177. The minimum atomic E-state index is -0.475. The van der Waals surface area contributed by atoms with E-state index in [2.05, 4.69) is 4.98 Å². The van der Waals surface area contributed by atoms with Crippen LogP contribution in [-0.2, 0) is 9.59 Å². The molecule has 2 heterocycles. The van der Waals surface area contributed by atoms with E-state index < -0.39 is 5.69 Å². The maximum Gasteiger partial charge on any atom is 0.325 e. The smallest absolute Gasteiger partial charge is 0.314 e. The molecule has 2 amide bonds. The lowest BCUT2D eigenvalue weighted by atomic mass is 10.3. The number of carbonyl (C=O) groups is 2. The van der Waals surface area contributed by atoms with E-state index in [1.165, 1.54) is 29.3 Å². The van der Waals surface area contributed by atoms with Gasteiger partial charge >= 0.3 is 5.69 Å². The Kier molecular flexibility index (Phi) is 5.46. The highest BCUT2D eigenvalue weighted by atomic mass is 16.2. The molecule has 0 atom stereocenters. The zero-order chi connectivity index (χ0) is 14.3. The number of H-pyrrole nitrogens is 2. The Labute approximate surface area is 109 Å². The van der Waals surface area contributed by atoms with E-state index in [0.29, 0.717) is 6.54 Å². The van der Waals surface area contributed by atoms with Gasteiger partial charge in [0.15, 0.2) is 0 Å². The molecule has 0 bridgehead atoms. The molecule has 1 aliphatic heterocycles. The lowest BCUT2D eigenvalue weighted by Crippen LogP contribution is -2.30. The summed E-state index contributed by atoms with van der Waals surface area (Å²) >= 11 is 0. The second-order valence-electron chi connectivity index (χ2n) is 3.81. The van der Waals surface area contributed by atoms with Crippen LogP contribution >= 0.6 is 0 Å². The number of amides is 2. The summed E-state index contributed by atoms with van der Waals surface area (Å²) in [5.74, 6) is -0.355. The predicted molar refractivity (Wildman–Crippen MR) is 68.5 cm³/mol. The molecular weight excluding hydrogens is 250 g/mol. The van der Waals surface area contributed by atoms with Crippen LogP contribution in [0.3, 0.4) is 0 Å². The average molecular weight is 265 g/mol. The standard InChI is InChI=1S/C8H11NO2.C4H4N2O2/c1-2-3-6-9-7(10)4-5-8(9)11;7-3-1-2-5-4(8)6-3/h4-5H,2-3,6H2,1H3;1-2H,(H2,5,6,7,8). The highest BCUT2D eigenvalue weighted by Crippen LogP contribution is 2.04. The minimum Gasteiger partial charge on any atom is -0.314 e. The third-order valence-electron chi connectivity index (χ3n) is 2.32. The van der Waals surface area contributed by atoms with Gasteiger partial charge in [-0.15, -0.1) is 0 Å². The van der Waals surface area contributed by atoms with E-state index in [1.54, 1.807) is 0 Å². The Hall–Kier alpha value is -2.44. The van der Waals surface area contributed by atoms with Gasteiger partial charge in [-0.25, -0.2) is 4.79 Å². The van der Waals surface area contributed by atoms with Crippen molar-refractivity contribution in [3.8, 4) is 0 Å². The molecule has 0 fully saturated rings. The van der Waals surface area contributed by atoms with E-state index in [-0.39, 0.29) is 17.4 Å². The number of aromatic nitrogens is 2. The number of carbonyl (C=O) groups excluding carboxylic acids is 2. The Bertz CT molecular complexity index is 542. The number of unbranched alkanes of at least 4 members (excludes halogenated alkanes) is 1. The van der Waals surface area contributed by atoms with Crippen molar-refractivity contribution in [3.63, 3.8) is 0 Å². The fourth-order valence-corrected chi connectivity index (χ4v) is 1.35. The summed E-state index contributed by atoms with van der Waals surface area (Å²) in [6.45, 7) is 2.58. The highest BCUT2D eigenvalue weighted by Gasteiger charge is 2.21. The van der Waals surface area contributed by atoms with Crippen LogP contribution in [0.5, 0.6) is 0 Å². The topological polar surface area (TPSA) is 103 Å². The zero-order valence-corrected chi connectivity index (χ0v) is 10.5. The van der Waals surface area contributed by atoms with Crippen molar-refractivity contribution in [1.29, 1.82) is 0 Å². The largest absolute Gasteiger partial charge is 0.325 e. The fraction of sp³-hybridized carbons (Fsp3) is 0.333. The Morgan fingerprint density at radius 3 is 2.16 bits per heavy atom. The van der Waals surface area contributed by atoms with Crippen LogP contribution < -0.4 is 11.2 Å². The molecule has 19 heavy (non-hydrogen) atoms. The van der Waals surface area contributed by atoms with Crippen molar-refractivity contribution in [2.75, 3.05) is 6.54 Å². The van der Waals surface area contributed by atoms with Crippen LogP contribution in [0.25, 0.3) is 0 Å². The van der Waals surface area contributed by atoms with E-state index in [9.17, 15) is 19.2 Å². The molecule has 0 saturated heterocycles. The average Bonchev–Trinajstić information content (AvgIpc) is 2.67. The number of aromatic amines is 2. The van der Waals surface area contributed by atoms with Crippen LogP contribution in [0.2, 0.25) is 0 Å². The van der Waals surface area contributed by atoms with E-state index >= 15 is 0 Å². The van der Waals surface area contributed by atoms with Crippen LogP contribution in [0, 0.1) is 0 Å². The first kappa shape index (κ1) is 14.6. The molecule has 0 unspecified atom stereocenters. The van der Waals surface area contributed by atoms with E-state index in [1.807, 2.05) is 11.9 Å². The Morgan fingerprint density at radius 2 is 1.74 bits per heavy atom. The normalized spacial score (nSPS) is 13.4. The summed E-state index contributed by atoms with van der Waals surface area (Å²) in [7, 11) is 0. The van der Waals surface area contributed by atoms with Gasteiger partial charge in [0.25, 0.3) is 17.4 Å². The number of rotatable bonds is 3. The van der Waals surface area contributed by atoms with Crippen molar-refractivity contribution < 1.29 is 9.59 Å². The van der Waals surface area contributed by atoms with Crippen LogP contribution in [-0.4, -0.2) is 33.2 Å². The van der Waals surface area contributed by atoms with Gasteiger partial charge in [-0.2, -0.15) is 0 Å². The third kappa shape index (κ3) is 4.74. The zero-order valence-electron chi connectivity index (χ0n) is 10.5. The summed E-state index contributed by atoms with van der Waals surface area (Å²) in [4.78, 5) is 47.7. The number of hydrogen-bond acceptors (Lipinski definition) is 4. The Morgan fingerprint density at radius 1 is 1.11 bits per heavy atom. The van der Waals surface area contributed by atoms with Crippen molar-refractivity contribution >= 4 is 11.8 Å². The van der Waals surface area contributed by atoms with Crippen molar-refractivity contribution in [2.45, 2.75) is 19.8 Å². The summed E-state index contributed by atoms with van der Waals surface area (Å²) in [6, 6.07) is 1.24. The van der Waals surface area contributed by atoms with Crippen LogP contribution in [0.1, 0.15) is 19.8 Å². The van der Waals surface area contributed by atoms with Crippen molar-refractivity contribution in [3.05, 3.63) is 45.3 Å². The Balaban J connectivity index is 0.000000200. The lowest BCUT2D eigenvalue weighted by molar-refractivity contribution is -0.136. The molecule has 102 valence electrons. The molecular formula is C12H15N3O4. The van der Waals surface area contributed by atoms with Gasteiger partial charge in [-0.05, 0) is 6.42 Å².